The Kier molecular flexibility index (Phi) is 5.09. The average Bonchev–Trinajstić information content (AvgIpc) is 2.48. The van der Waals surface area contributed by atoms with Crippen LogP contribution < -0.4 is 5.32 Å². The number of pyridine rings is 1. The van der Waals surface area contributed by atoms with Crippen LogP contribution in [0.15, 0.2) is 24.4 Å². The van der Waals surface area contributed by atoms with Gasteiger partial charge in [-0.1, -0.05) is 25.8 Å². The van der Waals surface area contributed by atoms with Crippen molar-refractivity contribution in [1.29, 1.82) is 0 Å². The summed E-state index contributed by atoms with van der Waals surface area (Å²) >= 11 is 0. The van der Waals surface area contributed by atoms with E-state index in [0.717, 1.165) is 25.3 Å². The van der Waals surface area contributed by atoms with E-state index in [9.17, 15) is 9.59 Å². The molecular weight excluding hydrogens is 268 g/mol. The summed E-state index contributed by atoms with van der Waals surface area (Å²) < 4.78 is 0. The van der Waals surface area contributed by atoms with Gasteiger partial charge in [0.1, 0.15) is 5.69 Å². The fourth-order valence-electron chi connectivity index (χ4n) is 2.58. The molecule has 0 spiro atoms. The lowest BCUT2D eigenvalue weighted by Crippen LogP contribution is -2.41. The standard InChI is InChI=1S/C16H20N2O3/c1-11-4-2-3-5-13(11)18-16(21)14-8-6-12(10-17-14)7-9-15(19)20/h6-11,13H,2-5H2,1H3,(H,18,21)(H,19,20). The maximum absolute atomic E-state index is 12.2. The molecule has 0 radical (unpaired) electrons. The molecule has 5 nitrogen and oxygen atoms in total. The second-order valence-electron chi connectivity index (χ2n) is 5.49. The predicted octanol–water partition coefficient (Wildman–Crippen LogP) is 2.49. The lowest BCUT2D eigenvalue weighted by molar-refractivity contribution is -0.131. The number of amides is 1. The van der Waals surface area contributed by atoms with Gasteiger partial charge in [-0.15, -0.1) is 0 Å². The number of carboxylic acids is 1. The van der Waals surface area contributed by atoms with Crippen molar-refractivity contribution in [2.45, 2.75) is 38.6 Å². The van der Waals surface area contributed by atoms with Gasteiger partial charge in [-0.3, -0.25) is 9.78 Å². The monoisotopic (exact) mass is 288 g/mol. The molecule has 2 rings (SSSR count). The minimum atomic E-state index is -1.01. The molecule has 112 valence electrons. The van der Waals surface area contributed by atoms with E-state index in [-0.39, 0.29) is 11.9 Å². The first-order valence-electron chi connectivity index (χ1n) is 7.24. The number of carbonyl (C=O) groups excluding carboxylic acids is 1. The molecule has 1 fully saturated rings. The lowest BCUT2D eigenvalue weighted by atomic mass is 9.86. The van der Waals surface area contributed by atoms with E-state index in [1.54, 1.807) is 12.1 Å². The molecule has 1 aromatic heterocycles. The third kappa shape index (κ3) is 4.41. The second-order valence-corrected chi connectivity index (χ2v) is 5.49. The van der Waals surface area contributed by atoms with Gasteiger partial charge >= 0.3 is 5.97 Å². The molecule has 0 saturated heterocycles. The van der Waals surface area contributed by atoms with Crippen LogP contribution in [0.3, 0.4) is 0 Å². The third-order valence-electron chi connectivity index (χ3n) is 3.87. The Morgan fingerprint density at radius 2 is 2.10 bits per heavy atom. The smallest absolute Gasteiger partial charge is 0.328 e. The second kappa shape index (κ2) is 7.02. The first-order valence-corrected chi connectivity index (χ1v) is 7.24. The maximum Gasteiger partial charge on any atom is 0.328 e. The summed E-state index contributed by atoms with van der Waals surface area (Å²) in [5, 5.41) is 11.6. The number of nitrogens with one attached hydrogen (secondary N) is 1. The van der Waals surface area contributed by atoms with Gasteiger partial charge in [0.2, 0.25) is 0 Å². The van der Waals surface area contributed by atoms with Gasteiger partial charge in [-0.05, 0) is 36.5 Å². The van der Waals surface area contributed by atoms with E-state index >= 15 is 0 Å². The highest BCUT2D eigenvalue weighted by Gasteiger charge is 2.23. The summed E-state index contributed by atoms with van der Waals surface area (Å²) in [6.07, 6.45) is 8.54. The van der Waals surface area contributed by atoms with Crippen LogP contribution in [0.4, 0.5) is 0 Å². The number of carboxylic acid groups (broad SMARTS) is 1. The van der Waals surface area contributed by atoms with Crippen LogP contribution >= 0.6 is 0 Å². The molecule has 5 heteroatoms. The third-order valence-corrected chi connectivity index (χ3v) is 3.87. The van der Waals surface area contributed by atoms with Crippen LogP contribution in [0, 0.1) is 5.92 Å². The van der Waals surface area contributed by atoms with Crippen molar-refractivity contribution in [2.75, 3.05) is 0 Å². The van der Waals surface area contributed by atoms with Crippen molar-refractivity contribution in [1.82, 2.24) is 10.3 Å². The number of nitrogens with zero attached hydrogens (tertiary/aromatic N) is 1. The highest BCUT2D eigenvalue weighted by molar-refractivity contribution is 5.92. The molecule has 1 aliphatic carbocycles. The van der Waals surface area contributed by atoms with Crippen molar-refractivity contribution in [3.63, 3.8) is 0 Å². The topological polar surface area (TPSA) is 79.3 Å². The molecule has 2 atom stereocenters. The van der Waals surface area contributed by atoms with E-state index in [4.69, 9.17) is 5.11 Å². The van der Waals surface area contributed by atoms with Crippen molar-refractivity contribution in [3.05, 3.63) is 35.7 Å². The zero-order chi connectivity index (χ0) is 15.2. The molecule has 1 heterocycles. The molecular formula is C16H20N2O3. The normalized spacial score (nSPS) is 22.1. The van der Waals surface area contributed by atoms with Crippen molar-refractivity contribution >= 4 is 18.0 Å². The van der Waals surface area contributed by atoms with E-state index in [1.165, 1.54) is 18.7 Å². The molecule has 0 bridgehead atoms. The minimum absolute atomic E-state index is 0.164. The van der Waals surface area contributed by atoms with Crippen LogP contribution in [0.1, 0.15) is 48.7 Å². The van der Waals surface area contributed by atoms with Gasteiger partial charge in [0, 0.05) is 18.3 Å². The summed E-state index contributed by atoms with van der Waals surface area (Å²) in [5.74, 6) is -0.675. The van der Waals surface area contributed by atoms with Gasteiger partial charge < -0.3 is 10.4 Å². The van der Waals surface area contributed by atoms with Crippen LogP contribution in [0.2, 0.25) is 0 Å². The Hall–Kier alpha value is -2.17. The number of aromatic nitrogens is 1. The van der Waals surface area contributed by atoms with Crippen molar-refractivity contribution in [3.8, 4) is 0 Å². The minimum Gasteiger partial charge on any atom is -0.478 e. The Morgan fingerprint density at radius 1 is 1.33 bits per heavy atom. The molecule has 0 aliphatic heterocycles. The largest absolute Gasteiger partial charge is 0.478 e. The molecule has 21 heavy (non-hydrogen) atoms. The fourth-order valence-corrected chi connectivity index (χ4v) is 2.58. The Labute approximate surface area is 124 Å². The van der Waals surface area contributed by atoms with Crippen LogP contribution in [0.25, 0.3) is 6.08 Å². The van der Waals surface area contributed by atoms with E-state index in [2.05, 4.69) is 17.2 Å². The molecule has 0 aromatic carbocycles. The number of rotatable bonds is 4. The zero-order valence-corrected chi connectivity index (χ0v) is 12.1. The predicted molar refractivity (Wildman–Crippen MR) is 79.8 cm³/mol. The Bertz CT molecular complexity index is 537. The van der Waals surface area contributed by atoms with Crippen LogP contribution in [-0.2, 0) is 4.79 Å². The molecule has 1 aromatic rings. The summed E-state index contributed by atoms with van der Waals surface area (Å²) in [6.45, 7) is 2.16. The number of hydrogen-bond donors (Lipinski definition) is 2. The Morgan fingerprint density at radius 3 is 2.71 bits per heavy atom. The fraction of sp³-hybridized carbons (Fsp3) is 0.438. The van der Waals surface area contributed by atoms with Crippen molar-refractivity contribution in [2.24, 2.45) is 5.92 Å². The highest BCUT2D eigenvalue weighted by atomic mass is 16.4. The summed E-state index contributed by atoms with van der Waals surface area (Å²) in [5.41, 5.74) is 1.01. The molecule has 2 N–H and O–H groups in total. The maximum atomic E-state index is 12.2. The number of aliphatic carboxylic acids is 1. The zero-order valence-electron chi connectivity index (χ0n) is 12.1. The van der Waals surface area contributed by atoms with E-state index < -0.39 is 5.97 Å². The number of hydrogen-bond acceptors (Lipinski definition) is 3. The molecule has 1 saturated carbocycles. The van der Waals surface area contributed by atoms with Gasteiger partial charge in [0.15, 0.2) is 0 Å². The molecule has 2 unspecified atom stereocenters. The highest BCUT2D eigenvalue weighted by Crippen LogP contribution is 2.23. The lowest BCUT2D eigenvalue weighted by Gasteiger charge is -2.29. The molecule has 1 amide bonds. The Balaban J connectivity index is 1.97. The van der Waals surface area contributed by atoms with E-state index in [0.29, 0.717) is 17.2 Å². The molecule has 1 aliphatic rings. The van der Waals surface area contributed by atoms with Crippen molar-refractivity contribution < 1.29 is 14.7 Å². The van der Waals surface area contributed by atoms with Crippen LogP contribution in [-0.4, -0.2) is 28.0 Å². The van der Waals surface area contributed by atoms with Gasteiger partial charge in [-0.2, -0.15) is 0 Å². The summed E-state index contributed by atoms with van der Waals surface area (Å²) in [7, 11) is 0. The summed E-state index contributed by atoms with van der Waals surface area (Å²) in [6, 6.07) is 3.52. The average molecular weight is 288 g/mol. The first kappa shape index (κ1) is 15.2. The van der Waals surface area contributed by atoms with Gasteiger partial charge in [0.05, 0.1) is 0 Å². The number of carbonyl (C=O) groups is 2. The first-order chi connectivity index (χ1) is 10.1. The SMILES string of the molecule is CC1CCCCC1NC(=O)c1ccc(C=CC(=O)O)cn1. The van der Waals surface area contributed by atoms with Gasteiger partial charge in [-0.25, -0.2) is 4.79 Å². The summed E-state index contributed by atoms with van der Waals surface area (Å²) in [4.78, 5) is 26.7. The van der Waals surface area contributed by atoms with E-state index in [1.807, 2.05) is 0 Å². The quantitative estimate of drug-likeness (QED) is 0.834. The van der Waals surface area contributed by atoms with Gasteiger partial charge in [0.25, 0.3) is 5.91 Å². The van der Waals surface area contributed by atoms with Crippen LogP contribution in [0.5, 0.6) is 0 Å².